The first-order valence-corrected chi connectivity index (χ1v) is 3.94. The summed E-state index contributed by atoms with van der Waals surface area (Å²) in [5, 5.41) is 12.2. The molecule has 0 unspecified atom stereocenters. The molecule has 0 aliphatic carbocycles. The maximum Gasteiger partial charge on any atom is 0.0353 e. The normalized spacial score (nSPS) is 8.15. The van der Waals surface area contributed by atoms with Gasteiger partial charge >= 0.3 is 0 Å². The topological polar surface area (TPSA) is 73.7 Å². The number of hydrogen-bond acceptors (Lipinski definition) is 3. The Morgan fingerprint density at radius 2 is 1.69 bits per heavy atom. The molecule has 1 aromatic rings. The predicted octanol–water partition coefficient (Wildman–Crippen LogP) is 2.17. The maximum absolute atomic E-state index is 6.08. The molecule has 3 nitrogen and oxygen atoms in total. The van der Waals surface area contributed by atoms with Crippen LogP contribution in [0.3, 0.4) is 0 Å². The van der Waals surface area contributed by atoms with Crippen molar-refractivity contribution in [2.45, 2.75) is 13.8 Å². The summed E-state index contributed by atoms with van der Waals surface area (Å²) >= 11 is 0. The minimum Gasteiger partial charge on any atom is -0.399 e. The van der Waals surface area contributed by atoms with Crippen LogP contribution in [0.2, 0.25) is 0 Å². The summed E-state index contributed by atoms with van der Waals surface area (Å²) in [6, 6.07) is 6.08. The zero-order valence-electron chi connectivity index (χ0n) is 7.96. The summed E-state index contributed by atoms with van der Waals surface area (Å²) in [6.07, 6.45) is 1.83. The van der Waals surface area contributed by atoms with Crippen LogP contribution in [0.1, 0.15) is 11.1 Å². The lowest BCUT2D eigenvalue weighted by Crippen LogP contribution is -1.88. The zero-order chi connectivity index (χ0) is 10.3. The van der Waals surface area contributed by atoms with Crippen molar-refractivity contribution in [3.8, 4) is 0 Å². The number of nitrogens with one attached hydrogen (secondary N) is 2. The van der Waals surface area contributed by atoms with Crippen molar-refractivity contribution in [2.75, 3.05) is 5.73 Å². The highest BCUT2D eigenvalue weighted by Crippen LogP contribution is 2.10. The Morgan fingerprint density at radius 3 is 2.00 bits per heavy atom. The van der Waals surface area contributed by atoms with Crippen LogP contribution in [0.15, 0.2) is 18.2 Å². The molecule has 1 rings (SSSR count). The van der Waals surface area contributed by atoms with E-state index >= 15 is 0 Å². The largest absolute Gasteiger partial charge is 0.399 e. The summed E-state index contributed by atoms with van der Waals surface area (Å²) < 4.78 is 0. The van der Waals surface area contributed by atoms with E-state index in [1.807, 2.05) is 26.0 Å². The number of benzene rings is 1. The summed E-state index contributed by atoms with van der Waals surface area (Å²) in [4.78, 5) is 0. The van der Waals surface area contributed by atoms with E-state index in [9.17, 15) is 0 Å². The van der Waals surface area contributed by atoms with E-state index in [2.05, 4.69) is 6.07 Å². The molecular formula is C10H15N3. The maximum atomic E-state index is 6.08. The van der Waals surface area contributed by atoms with Gasteiger partial charge in [0.2, 0.25) is 0 Å². The van der Waals surface area contributed by atoms with Crippen molar-refractivity contribution >= 4 is 18.1 Å². The second-order valence-electron chi connectivity index (χ2n) is 2.69. The molecule has 0 atom stereocenters. The molecule has 4 N–H and O–H groups in total. The molecule has 0 spiro atoms. The van der Waals surface area contributed by atoms with Crippen LogP contribution in [-0.2, 0) is 0 Å². The Hall–Kier alpha value is -1.64. The first-order valence-electron chi connectivity index (χ1n) is 3.94. The molecule has 0 radical (unpaired) electrons. The number of nitrogen functional groups attached to an aromatic ring is 1. The molecule has 0 saturated heterocycles. The zero-order valence-corrected chi connectivity index (χ0v) is 7.96. The fourth-order valence-corrected chi connectivity index (χ4v) is 0.760. The van der Waals surface area contributed by atoms with Gasteiger partial charge in [-0.05, 0) is 31.0 Å². The Bertz CT molecular complexity index is 286. The average molecular weight is 177 g/mol. The highest BCUT2D eigenvalue weighted by molar-refractivity contribution is 6.12. The van der Waals surface area contributed by atoms with Crippen molar-refractivity contribution in [1.29, 1.82) is 10.8 Å². The molecule has 0 bridgehead atoms. The van der Waals surface area contributed by atoms with Gasteiger partial charge in [0, 0.05) is 18.1 Å². The molecule has 0 aliphatic heterocycles. The first kappa shape index (κ1) is 11.4. The Kier molecular flexibility index (Phi) is 5.19. The second kappa shape index (κ2) is 5.94. The minimum absolute atomic E-state index is 0.884. The van der Waals surface area contributed by atoms with Gasteiger partial charge in [-0.1, -0.05) is 12.1 Å². The van der Waals surface area contributed by atoms with Gasteiger partial charge in [-0.15, -0.1) is 0 Å². The number of anilines is 1. The van der Waals surface area contributed by atoms with Crippen molar-refractivity contribution in [3.63, 3.8) is 0 Å². The Morgan fingerprint density at radius 1 is 1.15 bits per heavy atom. The van der Waals surface area contributed by atoms with Crippen LogP contribution in [0, 0.1) is 24.7 Å². The third-order valence-electron chi connectivity index (χ3n) is 1.52. The molecule has 3 heteroatoms. The minimum atomic E-state index is 0.884. The third kappa shape index (κ3) is 4.74. The molecule has 1 aromatic carbocycles. The lowest BCUT2D eigenvalue weighted by Gasteiger charge is -1.98. The number of rotatable bonds is 1. The summed E-state index contributed by atoms with van der Waals surface area (Å²) in [5.41, 5.74) is 8.88. The molecule has 0 heterocycles. The van der Waals surface area contributed by atoms with E-state index in [0.717, 1.165) is 23.7 Å². The third-order valence-corrected chi connectivity index (χ3v) is 1.52. The molecule has 0 aromatic heterocycles. The van der Waals surface area contributed by atoms with Gasteiger partial charge in [-0.2, -0.15) is 0 Å². The first-order chi connectivity index (χ1) is 6.11. The van der Waals surface area contributed by atoms with E-state index in [4.69, 9.17) is 16.6 Å². The van der Waals surface area contributed by atoms with E-state index in [1.165, 1.54) is 5.56 Å². The van der Waals surface area contributed by atoms with Gasteiger partial charge in [0.15, 0.2) is 0 Å². The van der Waals surface area contributed by atoms with Gasteiger partial charge < -0.3 is 16.6 Å². The number of nitrogens with two attached hydrogens (primary N) is 1. The SMILES string of the molecule is Cc1ccc(C)c(N)c1.N=CC=N. The van der Waals surface area contributed by atoms with Crippen LogP contribution in [0.25, 0.3) is 0 Å². The van der Waals surface area contributed by atoms with E-state index in [1.54, 1.807) is 0 Å². The van der Waals surface area contributed by atoms with Gasteiger partial charge in [0.25, 0.3) is 0 Å². The van der Waals surface area contributed by atoms with E-state index < -0.39 is 0 Å². The van der Waals surface area contributed by atoms with Crippen LogP contribution in [0.4, 0.5) is 5.69 Å². The fourth-order valence-electron chi connectivity index (χ4n) is 0.760. The van der Waals surface area contributed by atoms with Crippen molar-refractivity contribution in [2.24, 2.45) is 0 Å². The Balaban J connectivity index is 0.000000310. The molecule has 0 aliphatic rings. The lowest BCUT2D eigenvalue weighted by molar-refractivity contribution is 1.40. The van der Waals surface area contributed by atoms with E-state index in [-0.39, 0.29) is 0 Å². The van der Waals surface area contributed by atoms with Crippen LogP contribution in [0.5, 0.6) is 0 Å². The molecule has 70 valence electrons. The number of aryl methyl sites for hydroxylation is 2. The highest BCUT2D eigenvalue weighted by Gasteiger charge is 1.89. The van der Waals surface area contributed by atoms with Crippen LogP contribution >= 0.6 is 0 Å². The van der Waals surface area contributed by atoms with Crippen molar-refractivity contribution in [1.82, 2.24) is 0 Å². The fraction of sp³-hybridized carbons (Fsp3) is 0.200. The van der Waals surface area contributed by atoms with Crippen LogP contribution in [-0.4, -0.2) is 12.4 Å². The van der Waals surface area contributed by atoms with E-state index in [0.29, 0.717) is 0 Å². The predicted molar refractivity (Wildman–Crippen MR) is 57.9 cm³/mol. The number of hydrogen-bond donors (Lipinski definition) is 3. The monoisotopic (exact) mass is 177 g/mol. The smallest absolute Gasteiger partial charge is 0.0353 e. The lowest BCUT2D eigenvalue weighted by atomic mass is 10.1. The van der Waals surface area contributed by atoms with Crippen molar-refractivity contribution < 1.29 is 0 Å². The molecule has 0 amide bonds. The van der Waals surface area contributed by atoms with Gasteiger partial charge in [-0.25, -0.2) is 0 Å². The molecule has 0 fully saturated rings. The van der Waals surface area contributed by atoms with Gasteiger partial charge in [-0.3, -0.25) is 0 Å². The quantitative estimate of drug-likeness (QED) is 0.446. The summed E-state index contributed by atoms with van der Waals surface area (Å²) in [7, 11) is 0. The van der Waals surface area contributed by atoms with Crippen LogP contribution < -0.4 is 5.73 Å². The average Bonchev–Trinajstić information content (AvgIpc) is 2.12. The van der Waals surface area contributed by atoms with Crippen molar-refractivity contribution in [3.05, 3.63) is 29.3 Å². The van der Waals surface area contributed by atoms with Gasteiger partial charge in [0.1, 0.15) is 0 Å². The Labute approximate surface area is 78.6 Å². The van der Waals surface area contributed by atoms with Gasteiger partial charge in [0.05, 0.1) is 0 Å². The second-order valence-corrected chi connectivity index (χ2v) is 2.69. The molecular weight excluding hydrogens is 162 g/mol. The summed E-state index contributed by atoms with van der Waals surface area (Å²) in [5.74, 6) is 0. The highest BCUT2D eigenvalue weighted by atomic mass is 14.5. The molecule has 0 saturated carbocycles. The molecule has 13 heavy (non-hydrogen) atoms. The summed E-state index contributed by atoms with van der Waals surface area (Å²) in [6.45, 7) is 4.05. The standard InChI is InChI=1S/C8H11N.C2H4N2/c1-6-3-4-7(2)8(9)5-6;3-1-2-4/h3-5H,9H2,1-2H3;1-4H.